The summed E-state index contributed by atoms with van der Waals surface area (Å²) in [5.41, 5.74) is 3.78. The zero-order valence-corrected chi connectivity index (χ0v) is 16.0. The molecule has 0 radical (unpaired) electrons. The summed E-state index contributed by atoms with van der Waals surface area (Å²) >= 11 is 0. The number of carbonyl (C=O) groups excluding carboxylic acids is 1. The van der Waals surface area contributed by atoms with Gasteiger partial charge in [-0.3, -0.25) is 4.79 Å². The molecule has 1 unspecified atom stereocenters. The number of sulfonamides is 1. The van der Waals surface area contributed by atoms with Crippen LogP contribution >= 0.6 is 0 Å². The third kappa shape index (κ3) is 3.44. The average molecular weight is 392 g/mol. The van der Waals surface area contributed by atoms with Crippen LogP contribution in [0.4, 0.5) is 0 Å². The second kappa shape index (κ2) is 7.22. The van der Waals surface area contributed by atoms with E-state index in [1.807, 2.05) is 59.5 Å². The molecule has 0 aromatic heterocycles. The zero-order chi connectivity index (χ0) is 19.7. The number of nitrogens with two attached hydrogens (primary N) is 1. The van der Waals surface area contributed by atoms with Crippen LogP contribution in [0.25, 0.3) is 0 Å². The highest BCUT2D eigenvalue weighted by molar-refractivity contribution is 7.89. The second-order valence-corrected chi connectivity index (χ2v) is 8.40. The SMILES string of the molecule is NS(=O)(=O)c1ccc(CCN2C(=O)c3ccccc3C2c2ccccc2)cc1. The highest BCUT2D eigenvalue weighted by Crippen LogP contribution is 2.38. The zero-order valence-electron chi connectivity index (χ0n) is 15.2. The Kier molecular flexibility index (Phi) is 4.75. The lowest BCUT2D eigenvalue weighted by atomic mass is 9.98. The van der Waals surface area contributed by atoms with E-state index in [4.69, 9.17) is 5.14 Å². The van der Waals surface area contributed by atoms with Gasteiger partial charge in [0.25, 0.3) is 5.91 Å². The molecular formula is C22H20N2O3S. The number of benzene rings is 3. The standard InChI is InChI=1S/C22H20N2O3S/c23-28(26,27)18-12-10-16(11-13-18)14-15-24-21(17-6-2-1-3-7-17)19-8-4-5-9-20(19)22(24)25/h1-13,21H,14-15H2,(H2,23,26,27). The van der Waals surface area contributed by atoms with Gasteiger partial charge in [-0.1, -0.05) is 60.7 Å². The molecule has 3 aromatic carbocycles. The molecule has 1 heterocycles. The fourth-order valence-electron chi connectivity index (χ4n) is 3.69. The Morgan fingerprint density at radius 2 is 1.50 bits per heavy atom. The summed E-state index contributed by atoms with van der Waals surface area (Å²) in [5, 5.41) is 5.15. The number of hydrogen-bond acceptors (Lipinski definition) is 3. The molecule has 4 rings (SSSR count). The van der Waals surface area contributed by atoms with Gasteiger partial charge in [0.15, 0.2) is 0 Å². The molecular weight excluding hydrogens is 372 g/mol. The first-order chi connectivity index (χ1) is 13.4. The first-order valence-corrected chi connectivity index (χ1v) is 10.6. The van der Waals surface area contributed by atoms with Gasteiger partial charge in [0.2, 0.25) is 10.0 Å². The van der Waals surface area contributed by atoms with E-state index in [2.05, 4.69) is 0 Å². The molecule has 0 fully saturated rings. The Morgan fingerprint density at radius 1 is 0.857 bits per heavy atom. The Balaban J connectivity index is 1.60. The van der Waals surface area contributed by atoms with Crippen molar-refractivity contribution in [3.8, 4) is 0 Å². The Morgan fingerprint density at radius 3 is 2.18 bits per heavy atom. The van der Waals surface area contributed by atoms with Gasteiger partial charge in [0.1, 0.15) is 0 Å². The van der Waals surface area contributed by atoms with Crippen LogP contribution in [0.3, 0.4) is 0 Å². The van der Waals surface area contributed by atoms with E-state index in [-0.39, 0.29) is 16.8 Å². The van der Waals surface area contributed by atoms with Gasteiger partial charge in [-0.05, 0) is 41.3 Å². The summed E-state index contributed by atoms with van der Waals surface area (Å²) in [4.78, 5) is 15.0. The third-order valence-corrected chi connectivity index (χ3v) is 6.00. The predicted octanol–water partition coefficient (Wildman–Crippen LogP) is 3.12. The van der Waals surface area contributed by atoms with E-state index < -0.39 is 10.0 Å². The quantitative estimate of drug-likeness (QED) is 0.724. The van der Waals surface area contributed by atoms with Crippen molar-refractivity contribution in [2.75, 3.05) is 6.54 Å². The highest BCUT2D eigenvalue weighted by Gasteiger charge is 2.36. The van der Waals surface area contributed by atoms with E-state index in [0.29, 0.717) is 13.0 Å². The molecule has 2 N–H and O–H groups in total. The van der Waals surface area contributed by atoms with Crippen molar-refractivity contribution in [2.24, 2.45) is 5.14 Å². The molecule has 0 spiro atoms. The number of hydrogen-bond donors (Lipinski definition) is 1. The van der Waals surface area contributed by atoms with E-state index >= 15 is 0 Å². The lowest BCUT2D eigenvalue weighted by Crippen LogP contribution is -2.30. The number of nitrogens with zero attached hydrogens (tertiary/aromatic N) is 1. The lowest BCUT2D eigenvalue weighted by Gasteiger charge is -2.26. The van der Waals surface area contributed by atoms with E-state index in [9.17, 15) is 13.2 Å². The first kappa shape index (κ1) is 18.4. The molecule has 0 saturated carbocycles. The summed E-state index contributed by atoms with van der Waals surface area (Å²) in [6.45, 7) is 0.530. The minimum absolute atomic E-state index is 0.0191. The molecule has 5 nitrogen and oxygen atoms in total. The van der Waals surface area contributed by atoms with Gasteiger partial charge in [-0.2, -0.15) is 0 Å². The number of primary sulfonamides is 1. The smallest absolute Gasteiger partial charge is 0.255 e. The second-order valence-electron chi connectivity index (χ2n) is 6.84. The molecule has 142 valence electrons. The summed E-state index contributed by atoms with van der Waals surface area (Å²) in [6.07, 6.45) is 0.619. The lowest BCUT2D eigenvalue weighted by molar-refractivity contribution is 0.0751. The van der Waals surface area contributed by atoms with Crippen LogP contribution in [0.15, 0.2) is 83.8 Å². The molecule has 28 heavy (non-hydrogen) atoms. The molecule has 0 aliphatic carbocycles. The fourth-order valence-corrected chi connectivity index (χ4v) is 4.21. The van der Waals surface area contributed by atoms with Crippen LogP contribution in [0.5, 0.6) is 0 Å². The topological polar surface area (TPSA) is 80.5 Å². The van der Waals surface area contributed by atoms with Gasteiger partial charge in [-0.25, -0.2) is 13.6 Å². The number of carbonyl (C=O) groups is 1. The minimum Gasteiger partial charge on any atom is -0.327 e. The Labute approximate surface area is 164 Å². The van der Waals surface area contributed by atoms with Gasteiger partial charge in [-0.15, -0.1) is 0 Å². The maximum atomic E-state index is 13.0. The minimum atomic E-state index is -3.70. The van der Waals surface area contributed by atoms with Crippen molar-refractivity contribution in [3.05, 3.63) is 101 Å². The fraction of sp³-hybridized carbons (Fsp3) is 0.136. The molecule has 0 bridgehead atoms. The number of fused-ring (bicyclic) bond motifs is 1. The van der Waals surface area contributed by atoms with Crippen molar-refractivity contribution in [2.45, 2.75) is 17.4 Å². The number of amides is 1. The average Bonchev–Trinajstić information content (AvgIpc) is 2.99. The molecule has 1 atom stereocenters. The Bertz CT molecular complexity index is 1110. The Hall–Kier alpha value is -2.96. The maximum Gasteiger partial charge on any atom is 0.255 e. The van der Waals surface area contributed by atoms with Crippen LogP contribution in [0, 0.1) is 0 Å². The van der Waals surface area contributed by atoms with Crippen molar-refractivity contribution in [1.82, 2.24) is 4.90 Å². The molecule has 1 aliphatic heterocycles. The normalized spacial score (nSPS) is 16.2. The summed E-state index contributed by atoms with van der Waals surface area (Å²) < 4.78 is 22.8. The summed E-state index contributed by atoms with van der Waals surface area (Å²) in [5.74, 6) is 0.0191. The molecule has 6 heteroatoms. The van der Waals surface area contributed by atoms with Crippen molar-refractivity contribution in [3.63, 3.8) is 0 Å². The molecule has 3 aromatic rings. The predicted molar refractivity (Wildman–Crippen MR) is 107 cm³/mol. The van der Waals surface area contributed by atoms with Crippen molar-refractivity contribution >= 4 is 15.9 Å². The van der Waals surface area contributed by atoms with Gasteiger partial charge < -0.3 is 4.90 Å². The van der Waals surface area contributed by atoms with Crippen LogP contribution in [-0.4, -0.2) is 25.8 Å². The highest BCUT2D eigenvalue weighted by atomic mass is 32.2. The van der Waals surface area contributed by atoms with Crippen molar-refractivity contribution < 1.29 is 13.2 Å². The van der Waals surface area contributed by atoms with Crippen LogP contribution in [0.2, 0.25) is 0 Å². The largest absolute Gasteiger partial charge is 0.327 e. The van der Waals surface area contributed by atoms with E-state index in [1.54, 1.807) is 12.1 Å². The monoisotopic (exact) mass is 392 g/mol. The first-order valence-electron chi connectivity index (χ1n) is 9.02. The van der Waals surface area contributed by atoms with Gasteiger partial charge >= 0.3 is 0 Å². The molecule has 0 saturated heterocycles. The van der Waals surface area contributed by atoms with Gasteiger partial charge in [0, 0.05) is 12.1 Å². The van der Waals surface area contributed by atoms with Gasteiger partial charge in [0.05, 0.1) is 10.9 Å². The molecule has 1 aliphatic rings. The van der Waals surface area contributed by atoms with E-state index in [1.165, 1.54) is 12.1 Å². The summed E-state index contributed by atoms with van der Waals surface area (Å²) in [7, 11) is -3.70. The van der Waals surface area contributed by atoms with E-state index in [0.717, 1.165) is 22.3 Å². The third-order valence-electron chi connectivity index (χ3n) is 5.07. The molecule has 1 amide bonds. The van der Waals surface area contributed by atoms with Crippen LogP contribution in [-0.2, 0) is 16.4 Å². The van der Waals surface area contributed by atoms with Crippen molar-refractivity contribution in [1.29, 1.82) is 0 Å². The number of rotatable bonds is 5. The van der Waals surface area contributed by atoms with Crippen LogP contribution in [0.1, 0.15) is 33.1 Å². The maximum absolute atomic E-state index is 13.0. The van der Waals surface area contributed by atoms with Crippen LogP contribution < -0.4 is 5.14 Å². The summed E-state index contributed by atoms with van der Waals surface area (Å²) in [6, 6.07) is 24.1.